The minimum atomic E-state index is -0.120. The van der Waals surface area contributed by atoms with Gasteiger partial charge in [-0.15, -0.1) is 0 Å². The number of nitrogens with one attached hydrogen (secondary N) is 1. The highest BCUT2D eigenvalue weighted by molar-refractivity contribution is 5.92. The van der Waals surface area contributed by atoms with Crippen molar-refractivity contribution in [2.24, 2.45) is 5.92 Å². The Bertz CT molecular complexity index is 879. The van der Waals surface area contributed by atoms with E-state index in [1.54, 1.807) is 27.2 Å². The second-order valence-electron chi connectivity index (χ2n) is 7.52. The van der Waals surface area contributed by atoms with Crippen molar-refractivity contribution >= 4 is 11.8 Å². The SMILES string of the molecule is COc1ccc(CNC(=O)CCC2CCCN(C(=O)c3ocnc3C)C2)c(OC)c1. The third-order valence-corrected chi connectivity index (χ3v) is 5.50. The third kappa shape index (κ3) is 5.31. The molecule has 1 aliphatic rings. The van der Waals surface area contributed by atoms with Gasteiger partial charge in [0.2, 0.25) is 11.7 Å². The fourth-order valence-corrected chi connectivity index (χ4v) is 3.75. The Kier molecular flexibility index (Phi) is 7.32. The number of oxazole rings is 1. The van der Waals surface area contributed by atoms with Gasteiger partial charge in [-0.3, -0.25) is 9.59 Å². The van der Waals surface area contributed by atoms with Crippen LogP contribution >= 0.6 is 0 Å². The summed E-state index contributed by atoms with van der Waals surface area (Å²) in [4.78, 5) is 30.8. The molecular weight excluding hydrogens is 386 g/mol. The lowest BCUT2D eigenvalue weighted by Gasteiger charge is -2.32. The summed E-state index contributed by atoms with van der Waals surface area (Å²) in [7, 11) is 3.19. The number of rotatable bonds is 8. The van der Waals surface area contributed by atoms with Gasteiger partial charge in [0.25, 0.3) is 5.91 Å². The van der Waals surface area contributed by atoms with Crippen molar-refractivity contribution in [3.63, 3.8) is 0 Å². The van der Waals surface area contributed by atoms with Gasteiger partial charge < -0.3 is 24.1 Å². The predicted octanol–water partition coefficient (Wildman–Crippen LogP) is 2.95. The molecule has 0 radical (unpaired) electrons. The van der Waals surface area contributed by atoms with Gasteiger partial charge in [0.15, 0.2) is 6.39 Å². The third-order valence-electron chi connectivity index (χ3n) is 5.50. The molecule has 0 aliphatic carbocycles. The van der Waals surface area contributed by atoms with E-state index >= 15 is 0 Å². The molecule has 1 fully saturated rings. The van der Waals surface area contributed by atoms with Crippen LogP contribution in [0.25, 0.3) is 0 Å². The molecule has 1 N–H and O–H groups in total. The quantitative estimate of drug-likeness (QED) is 0.712. The largest absolute Gasteiger partial charge is 0.497 e. The number of hydrogen-bond donors (Lipinski definition) is 1. The van der Waals surface area contributed by atoms with Gasteiger partial charge in [0.05, 0.1) is 19.9 Å². The number of aromatic nitrogens is 1. The van der Waals surface area contributed by atoms with E-state index in [1.165, 1.54) is 6.39 Å². The molecule has 1 atom stereocenters. The average Bonchev–Trinajstić information content (AvgIpc) is 3.21. The second-order valence-corrected chi connectivity index (χ2v) is 7.52. The molecule has 2 heterocycles. The molecule has 8 nitrogen and oxygen atoms in total. The molecular formula is C22H29N3O5. The number of amides is 2. The van der Waals surface area contributed by atoms with E-state index in [9.17, 15) is 9.59 Å². The summed E-state index contributed by atoms with van der Waals surface area (Å²) >= 11 is 0. The van der Waals surface area contributed by atoms with Crippen molar-refractivity contribution in [3.8, 4) is 11.5 Å². The summed E-state index contributed by atoms with van der Waals surface area (Å²) in [6.45, 7) is 3.50. The summed E-state index contributed by atoms with van der Waals surface area (Å²) in [6, 6.07) is 5.52. The first kappa shape index (κ1) is 21.7. The van der Waals surface area contributed by atoms with E-state index in [4.69, 9.17) is 13.9 Å². The van der Waals surface area contributed by atoms with Crippen LogP contribution in [0.2, 0.25) is 0 Å². The molecule has 8 heteroatoms. The minimum absolute atomic E-state index is 0.0117. The highest BCUT2D eigenvalue weighted by Crippen LogP contribution is 2.25. The number of likely N-dealkylation sites (tertiary alicyclic amines) is 1. The zero-order valence-corrected chi connectivity index (χ0v) is 17.8. The van der Waals surface area contributed by atoms with E-state index in [-0.39, 0.29) is 11.8 Å². The maximum atomic E-state index is 12.6. The molecule has 1 aromatic carbocycles. The van der Waals surface area contributed by atoms with Crippen LogP contribution in [-0.2, 0) is 11.3 Å². The van der Waals surface area contributed by atoms with Crippen molar-refractivity contribution in [2.75, 3.05) is 27.3 Å². The average molecular weight is 415 g/mol. The molecule has 1 saturated heterocycles. The standard InChI is InChI=1S/C22H29N3O5/c1-15-21(30-14-24-15)22(27)25-10-4-5-16(13-25)6-9-20(26)23-12-17-7-8-18(28-2)11-19(17)29-3/h7-8,11,14,16H,4-6,9-10,12-13H2,1-3H3,(H,23,26). The van der Waals surface area contributed by atoms with Gasteiger partial charge in [-0.1, -0.05) is 0 Å². The van der Waals surface area contributed by atoms with Gasteiger partial charge >= 0.3 is 0 Å². The van der Waals surface area contributed by atoms with E-state index in [2.05, 4.69) is 10.3 Å². The van der Waals surface area contributed by atoms with Crippen molar-refractivity contribution in [3.05, 3.63) is 41.6 Å². The van der Waals surface area contributed by atoms with E-state index < -0.39 is 0 Å². The van der Waals surface area contributed by atoms with Crippen LogP contribution in [0.3, 0.4) is 0 Å². The number of ether oxygens (including phenoxy) is 2. The zero-order chi connectivity index (χ0) is 21.5. The second kappa shape index (κ2) is 10.1. The van der Waals surface area contributed by atoms with Gasteiger partial charge in [-0.25, -0.2) is 4.98 Å². The molecule has 3 rings (SSSR count). The Morgan fingerprint density at radius 1 is 1.30 bits per heavy atom. The molecule has 1 unspecified atom stereocenters. The van der Waals surface area contributed by atoms with Crippen LogP contribution in [0, 0.1) is 12.8 Å². The monoisotopic (exact) mass is 415 g/mol. The summed E-state index contributed by atoms with van der Waals surface area (Å²) in [6.07, 6.45) is 4.40. The van der Waals surface area contributed by atoms with Crippen LogP contribution in [0.5, 0.6) is 11.5 Å². The molecule has 0 bridgehead atoms. The topological polar surface area (TPSA) is 93.9 Å². The van der Waals surface area contributed by atoms with Crippen LogP contribution in [0.1, 0.15) is 47.5 Å². The number of carbonyl (C=O) groups is 2. The molecule has 1 aliphatic heterocycles. The molecule has 1 aromatic heterocycles. The van der Waals surface area contributed by atoms with Gasteiger partial charge in [-0.2, -0.15) is 0 Å². The summed E-state index contributed by atoms with van der Waals surface area (Å²) in [5, 5.41) is 2.95. The predicted molar refractivity (Wildman–Crippen MR) is 110 cm³/mol. The van der Waals surface area contributed by atoms with Crippen LogP contribution < -0.4 is 14.8 Å². The Hall–Kier alpha value is -3.03. The Morgan fingerprint density at radius 2 is 2.13 bits per heavy atom. The number of nitrogens with zero attached hydrogens (tertiary/aromatic N) is 2. The highest BCUT2D eigenvalue weighted by atomic mass is 16.5. The first-order chi connectivity index (χ1) is 14.5. The normalized spacial score (nSPS) is 16.2. The van der Waals surface area contributed by atoms with Crippen molar-refractivity contribution in [1.82, 2.24) is 15.2 Å². The van der Waals surface area contributed by atoms with Gasteiger partial charge in [0.1, 0.15) is 11.5 Å². The Balaban J connectivity index is 1.46. The van der Waals surface area contributed by atoms with Crippen LogP contribution in [0.4, 0.5) is 0 Å². The number of carbonyl (C=O) groups excluding carboxylic acids is 2. The van der Waals surface area contributed by atoms with Gasteiger partial charge in [-0.05, 0) is 44.2 Å². The maximum Gasteiger partial charge on any atom is 0.291 e. The number of aryl methyl sites for hydroxylation is 1. The summed E-state index contributed by atoms with van der Waals surface area (Å²) in [5.74, 6) is 1.86. The van der Waals surface area contributed by atoms with Crippen molar-refractivity contribution in [2.45, 2.75) is 39.2 Å². The molecule has 0 saturated carbocycles. The maximum absolute atomic E-state index is 12.6. The van der Waals surface area contributed by atoms with Crippen LogP contribution in [-0.4, -0.2) is 49.0 Å². The van der Waals surface area contributed by atoms with E-state index in [1.807, 2.05) is 17.0 Å². The first-order valence-corrected chi connectivity index (χ1v) is 10.2. The number of hydrogen-bond acceptors (Lipinski definition) is 6. The van der Waals surface area contributed by atoms with Crippen molar-refractivity contribution in [1.29, 1.82) is 0 Å². The molecule has 2 aromatic rings. The first-order valence-electron chi connectivity index (χ1n) is 10.2. The zero-order valence-electron chi connectivity index (χ0n) is 17.8. The van der Waals surface area contributed by atoms with E-state index in [0.29, 0.717) is 54.9 Å². The van der Waals surface area contributed by atoms with E-state index in [0.717, 1.165) is 24.8 Å². The van der Waals surface area contributed by atoms with Crippen LogP contribution in [0.15, 0.2) is 29.0 Å². The summed E-state index contributed by atoms with van der Waals surface area (Å²) < 4.78 is 15.8. The summed E-state index contributed by atoms with van der Waals surface area (Å²) in [5.41, 5.74) is 1.50. The molecule has 30 heavy (non-hydrogen) atoms. The highest BCUT2D eigenvalue weighted by Gasteiger charge is 2.27. The molecule has 2 amide bonds. The molecule has 0 spiro atoms. The minimum Gasteiger partial charge on any atom is -0.497 e. The lowest BCUT2D eigenvalue weighted by atomic mass is 9.93. The van der Waals surface area contributed by atoms with Gasteiger partial charge in [0, 0.05) is 37.7 Å². The lowest BCUT2D eigenvalue weighted by Crippen LogP contribution is -2.40. The lowest BCUT2D eigenvalue weighted by molar-refractivity contribution is -0.121. The fraction of sp³-hybridized carbons (Fsp3) is 0.500. The Morgan fingerprint density at radius 3 is 2.83 bits per heavy atom. The molecule has 162 valence electrons. The fourth-order valence-electron chi connectivity index (χ4n) is 3.75. The number of piperidine rings is 1. The Labute approximate surface area is 176 Å². The number of methoxy groups -OCH3 is 2. The van der Waals surface area contributed by atoms with Crippen molar-refractivity contribution < 1.29 is 23.5 Å². The smallest absolute Gasteiger partial charge is 0.291 e. The number of benzene rings is 1.